The summed E-state index contributed by atoms with van der Waals surface area (Å²) >= 11 is 1.68. The number of hydrogen-bond acceptors (Lipinski definition) is 4. The lowest BCUT2D eigenvalue weighted by atomic mass is 10.1. The summed E-state index contributed by atoms with van der Waals surface area (Å²) in [5, 5.41) is 4.98. The van der Waals surface area contributed by atoms with Crippen LogP contribution in [0.25, 0.3) is 10.4 Å². The number of aromatic nitrogens is 1. The summed E-state index contributed by atoms with van der Waals surface area (Å²) in [5.74, 6) is 0.734. The summed E-state index contributed by atoms with van der Waals surface area (Å²) in [7, 11) is 1.62. The molecule has 0 saturated heterocycles. The van der Waals surface area contributed by atoms with Crippen molar-refractivity contribution in [2.24, 2.45) is 0 Å². The molecule has 1 amide bonds. The van der Waals surface area contributed by atoms with Crippen LogP contribution in [0, 0.1) is 0 Å². The fourth-order valence-corrected chi connectivity index (χ4v) is 3.10. The minimum atomic E-state index is -0.0234. The zero-order valence-corrected chi connectivity index (χ0v) is 14.2. The van der Waals surface area contributed by atoms with Crippen molar-refractivity contribution in [3.8, 4) is 16.2 Å². The number of nitrogens with zero attached hydrogens (tertiary/aromatic N) is 1. The maximum atomic E-state index is 12.1. The molecule has 0 spiro atoms. The highest BCUT2D eigenvalue weighted by atomic mass is 32.1. The monoisotopic (exact) mass is 338 g/mol. The van der Waals surface area contributed by atoms with Crippen LogP contribution in [0.2, 0.25) is 0 Å². The lowest BCUT2D eigenvalue weighted by molar-refractivity contribution is -0.120. The highest BCUT2D eigenvalue weighted by Gasteiger charge is 2.06. The first-order valence-electron chi connectivity index (χ1n) is 7.62. The van der Waals surface area contributed by atoms with Gasteiger partial charge < -0.3 is 10.1 Å². The molecule has 3 aromatic rings. The molecule has 5 heteroatoms. The van der Waals surface area contributed by atoms with Crippen molar-refractivity contribution in [2.45, 2.75) is 13.0 Å². The molecule has 1 aromatic carbocycles. The maximum absolute atomic E-state index is 12.1. The van der Waals surface area contributed by atoms with E-state index in [1.807, 2.05) is 41.9 Å². The number of pyridine rings is 1. The van der Waals surface area contributed by atoms with Gasteiger partial charge in [0, 0.05) is 29.4 Å². The fourth-order valence-electron chi connectivity index (χ4n) is 2.39. The summed E-state index contributed by atoms with van der Waals surface area (Å²) in [6, 6.07) is 13.7. The number of methoxy groups -OCH3 is 1. The number of carbonyl (C=O) groups excluding carboxylic acids is 1. The van der Waals surface area contributed by atoms with Gasteiger partial charge in [0.1, 0.15) is 5.75 Å². The number of carbonyl (C=O) groups is 1. The van der Waals surface area contributed by atoms with Gasteiger partial charge in [-0.25, -0.2) is 0 Å². The Labute approximate surface area is 145 Å². The molecule has 0 aliphatic heterocycles. The first-order valence-corrected chi connectivity index (χ1v) is 8.50. The number of thiophene rings is 1. The second-order valence-corrected chi connectivity index (χ2v) is 6.31. The summed E-state index contributed by atoms with van der Waals surface area (Å²) in [6.07, 6.45) is 3.95. The Morgan fingerprint density at radius 3 is 2.88 bits per heavy atom. The van der Waals surface area contributed by atoms with E-state index in [1.54, 1.807) is 24.6 Å². The highest BCUT2D eigenvalue weighted by Crippen LogP contribution is 2.24. The van der Waals surface area contributed by atoms with E-state index in [0.29, 0.717) is 13.0 Å². The number of amides is 1. The summed E-state index contributed by atoms with van der Waals surface area (Å²) < 4.78 is 5.18. The molecule has 0 aliphatic rings. The average Bonchev–Trinajstić information content (AvgIpc) is 3.15. The van der Waals surface area contributed by atoms with Gasteiger partial charge in [0.2, 0.25) is 5.91 Å². The Bertz CT molecular complexity index is 816. The van der Waals surface area contributed by atoms with Crippen LogP contribution in [0.3, 0.4) is 0 Å². The Morgan fingerprint density at radius 2 is 2.08 bits per heavy atom. The molecule has 3 rings (SSSR count). The molecule has 122 valence electrons. The van der Waals surface area contributed by atoms with Crippen LogP contribution in [-0.2, 0) is 17.8 Å². The van der Waals surface area contributed by atoms with Crippen LogP contribution in [-0.4, -0.2) is 18.0 Å². The van der Waals surface area contributed by atoms with Gasteiger partial charge >= 0.3 is 0 Å². The van der Waals surface area contributed by atoms with Crippen LogP contribution in [0.4, 0.5) is 0 Å². The van der Waals surface area contributed by atoms with Crippen molar-refractivity contribution in [2.75, 3.05) is 7.11 Å². The first kappa shape index (κ1) is 16.2. The van der Waals surface area contributed by atoms with Crippen LogP contribution in [0.5, 0.6) is 5.75 Å². The average molecular weight is 338 g/mol. The molecule has 0 fully saturated rings. The molecule has 24 heavy (non-hydrogen) atoms. The van der Waals surface area contributed by atoms with E-state index in [0.717, 1.165) is 22.4 Å². The van der Waals surface area contributed by atoms with Gasteiger partial charge in [-0.1, -0.05) is 18.2 Å². The smallest absolute Gasteiger partial charge is 0.224 e. The summed E-state index contributed by atoms with van der Waals surface area (Å²) in [4.78, 5) is 17.6. The third-order valence-corrected chi connectivity index (χ3v) is 4.51. The van der Waals surface area contributed by atoms with Crippen molar-refractivity contribution in [3.05, 3.63) is 71.4 Å². The minimum Gasteiger partial charge on any atom is -0.497 e. The van der Waals surface area contributed by atoms with Crippen molar-refractivity contribution >= 4 is 17.2 Å². The number of benzene rings is 1. The summed E-state index contributed by atoms with van der Waals surface area (Å²) in [5.41, 5.74) is 2.99. The van der Waals surface area contributed by atoms with E-state index in [2.05, 4.69) is 22.4 Å². The molecule has 4 nitrogen and oxygen atoms in total. The molecule has 0 atom stereocenters. The highest BCUT2D eigenvalue weighted by molar-refractivity contribution is 7.13. The SMILES string of the molecule is COc1cccc(CC(=O)NCc2cncc(-c3cccs3)c2)c1. The predicted molar refractivity (Wildman–Crippen MR) is 96.1 cm³/mol. The molecule has 0 bridgehead atoms. The van der Waals surface area contributed by atoms with E-state index >= 15 is 0 Å². The number of hydrogen-bond donors (Lipinski definition) is 1. The Hall–Kier alpha value is -2.66. The second-order valence-electron chi connectivity index (χ2n) is 5.36. The van der Waals surface area contributed by atoms with Crippen molar-refractivity contribution in [1.82, 2.24) is 10.3 Å². The van der Waals surface area contributed by atoms with Gasteiger partial charge in [0.15, 0.2) is 0 Å². The molecule has 0 saturated carbocycles. The second kappa shape index (κ2) is 7.75. The van der Waals surface area contributed by atoms with E-state index in [-0.39, 0.29) is 5.91 Å². The molecule has 0 radical (unpaired) electrons. The van der Waals surface area contributed by atoms with Crippen LogP contribution in [0.15, 0.2) is 60.2 Å². The predicted octanol–water partition coefficient (Wildman–Crippen LogP) is 3.68. The van der Waals surface area contributed by atoms with Crippen LogP contribution in [0.1, 0.15) is 11.1 Å². The van der Waals surface area contributed by atoms with Gasteiger partial charge in [-0.3, -0.25) is 9.78 Å². The third kappa shape index (κ3) is 4.20. The molecule has 2 heterocycles. The number of nitrogens with one attached hydrogen (secondary N) is 1. The minimum absolute atomic E-state index is 0.0234. The van der Waals surface area contributed by atoms with Crippen molar-refractivity contribution in [1.29, 1.82) is 0 Å². The van der Waals surface area contributed by atoms with Gasteiger partial charge in [-0.05, 0) is 40.8 Å². The van der Waals surface area contributed by atoms with E-state index in [9.17, 15) is 4.79 Å². The van der Waals surface area contributed by atoms with Gasteiger partial charge in [-0.15, -0.1) is 11.3 Å². The molecular formula is C19H18N2O2S. The van der Waals surface area contributed by atoms with E-state index in [4.69, 9.17) is 4.74 Å². The standard InChI is InChI=1S/C19H18N2O2S/c1-23-17-5-2-4-14(9-17)10-19(22)21-12-15-8-16(13-20-11-15)18-6-3-7-24-18/h2-9,11,13H,10,12H2,1H3,(H,21,22). The van der Waals surface area contributed by atoms with Crippen LogP contribution < -0.4 is 10.1 Å². The zero-order valence-electron chi connectivity index (χ0n) is 13.4. The zero-order chi connectivity index (χ0) is 16.8. The molecular weight excluding hydrogens is 320 g/mol. The molecule has 2 aromatic heterocycles. The van der Waals surface area contributed by atoms with Crippen LogP contribution >= 0.6 is 11.3 Å². The number of ether oxygens (including phenoxy) is 1. The van der Waals surface area contributed by atoms with Crippen molar-refractivity contribution < 1.29 is 9.53 Å². The quantitative estimate of drug-likeness (QED) is 0.746. The largest absolute Gasteiger partial charge is 0.497 e. The lowest BCUT2D eigenvalue weighted by Gasteiger charge is -2.07. The third-order valence-electron chi connectivity index (χ3n) is 3.59. The first-order chi connectivity index (χ1) is 11.7. The molecule has 0 aliphatic carbocycles. The van der Waals surface area contributed by atoms with E-state index < -0.39 is 0 Å². The van der Waals surface area contributed by atoms with E-state index in [1.165, 1.54) is 4.88 Å². The number of rotatable bonds is 6. The van der Waals surface area contributed by atoms with Crippen molar-refractivity contribution in [3.63, 3.8) is 0 Å². The van der Waals surface area contributed by atoms with Gasteiger partial charge in [0.25, 0.3) is 0 Å². The fraction of sp³-hybridized carbons (Fsp3) is 0.158. The Morgan fingerprint density at radius 1 is 1.17 bits per heavy atom. The molecule has 0 unspecified atom stereocenters. The maximum Gasteiger partial charge on any atom is 0.224 e. The lowest BCUT2D eigenvalue weighted by Crippen LogP contribution is -2.24. The Kier molecular flexibility index (Phi) is 5.23. The topological polar surface area (TPSA) is 51.2 Å². The molecule has 1 N–H and O–H groups in total. The Balaban J connectivity index is 1.59. The summed E-state index contributed by atoms with van der Waals surface area (Å²) in [6.45, 7) is 0.467. The van der Waals surface area contributed by atoms with Gasteiger partial charge in [0.05, 0.1) is 13.5 Å². The normalized spacial score (nSPS) is 10.4. The van der Waals surface area contributed by atoms with Gasteiger partial charge in [-0.2, -0.15) is 0 Å².